The zero-order chi connectivity index (χ0) is 12.4. The van der Waals surface area contributed by atoms with Crippen molar-refractivity contribution in [2.45, 2.75) is 46.2 Å². The topological polar surface area (TPSA) is 25.2 Å². The first-order valence-electron chi connectivity index (χ1n) is 6.53. The standard InChI is InChI=1S/C14H22N2O/c1-4-15-7-5-6-14(15)9-16-11(2)8-13(10-17)12(16)3/h8,10,14H,4-7,9H2,1-3H3. The first-order chi connectivity index (χ1) is 8.17. The number of hydrogen-bond donors (Lipinski definition) is 0. The van der Waals surface area contributed by atoms with Gasteiger partial charge in [-0.3, -0.25) is 9.69 Å². The SMILES string of the molecule is CCN1CCCC1Cn1c(C)cc(C=O)c1C. The smallest absolute Gasteiger partial charge is 0.151 e. The predicted molar refractivity (Wildman–Crippen MR) is 69.6 cm³/mol. The lowest BCUT2D eigenvalue weighted by atomic mass is 10.2. The Morgan fingerprint density at radius 2 is 2.24 bits per heavy atom. The molecule has 0 spiro atoms. The predicted octanol–water partition coefficient (Wildman–Crippen LogP) is 2.40. The van der Waals surface area contributed by atoms with Crippen LogP contribution in [0.3, 0.4) is 0 Å². The molecule has 1 atom stereocenters. The van der Waals surface area contributed by atoms with Crippen molar-refractivity contribution in [3.05, 3.63) is 23.0 Å². The van der Waals surface area contributed by atoms with Gasteiger partial charge in [0.2, 0.25) is 0 Å². The third-order valence-corrected chi connectivity index (χ3v) is 4.04. The number of likely N-dealkylation sites (tertiary alicyclic amines) is 1. The Balaban J connectivity index is 2.18. The van der Waals surface area contributed by atoms with Gasteiger partial charge in [-0.2, -0.15) is 0 Å². The molecule has 2 rings (SSSR count). The first-order valence-corrected chi connectivity index (χ1v) is 6.53. The molecule has 0 radical (unpaired) electrons. The highest BCUT2D eigenvalue weighted by molar-refractivity contribution is 5.77. The molecule has 1 aromatic heterocycles. The van der Waals surface area contributed by atoms with Gasteiger partial charge in [0.1, 0.15) is 0 Å². The summed E-state index contributed by atoms with van der Waals surface area (Å²) in [7, 11) is 0. The molecule has 0 aliphatic carbocycles. The molecule has 1 aromatic rings. The molecule has 0 aromatic carbocycles. The maximum absolute atomic E-state index is 10.9. The lowest BCUT2D eigenvalue weighted by molar-refractivity contribution is 0.112. The lowest BCUT2D eigenvalue weighted by Gasteiger charge is -2.24. The van der Waals surface area contributed by atoms with Gasteiger partial charge in [0.15, 0.2) is 6.29 Å². The van der Waals surface area contributed by atoms with Crippen molar-refractivity contribution in [1.29, 1.82) is 0 Å². The number of aryl methyl sites for hydroxylation is 1. The number of likely N-dealkylation sites (N-methyl/N-ethyl adjacent to an activating group) is 1. The van der Waals surface area contributed by atoms with Gasteiger partial charge in [-0.15, -0.1) is 0 Å². The van der Waals surface area contributed by atoms with Gasteiger partial charge in [-0.25, -0.2) is 0 Å². The van der Waals surface area contributed by atoms with E-state index in [0.717, 1.165) is 30.6 Å². The summed E-state index contributed by atoms with van der Waals surface area (Å²) in [4.78, 5) is 13.5. The summed E-state index contributed by atoms with van der Waals surface area (Å²) in [6, 6.07) is 2.64. The number of hydrogen-bond acceptors (Lipinski definition) is 2. The van der Waals surface area contributed by atoms with Gasteiger partial charge in [-0.05, 0) is 45.8 Å². The zero-order valence-corrected chi connectivity index (χ0v) is 11.1. The second-order valence-corrected chi connectivity index (χ2v) is 4.98. The van der Waals surface area contributed by atoms with E-state index >= 15 is 0 Å². The van der Waals surface area contributed by atoms with Gasteiger partial charge < -0.3 is 4.57 Å². The fourth-order valence-electron chi connectivity index (χ4n) is 2.96. The molecule has 17 heavy (non-hydrogen) atoms. The minimum Gasteiger partial charge on any atom is -0.347 e. The molecule has 1 fully saturated rings. The number of nitrogens with zero attached hydrogens (tertiary/aromatic N) is 2. The van der Waals surface area contributed by atoms with E-state index in [1.54, 1.807) is 0 Å². The van der Waals surface area contributed by atoms with Crippen LogP contribution in [0.2, 0.25) is 0 Å². The van der Waals surface area contributed by atoms with Gasteiger partial charge >= 0.3 is 0 Å². The summed E-state index contributed by atoms with van der Waals surface area (Å²) in [6.45, 7) is 9.74. The van der Waals surface area contributed by atoms with Crippen molar-refractivity contribution in [2.75, 3.05) is 13.1 Å². The molecule has 1 unspecified atom stereocenters. The Bertz CT molecular complexity index is 409. The van der Waals surface area contributed by atoms with Crippen molar-refractivity contribution in [2.24, 2.45) is 0 Å². The summed E-state index contributed by atoms with van der Waals surface area (Å²) < 4.78 is 2.29. The molecule has 2 heterocycles. The molecular weight excluding hydrogens is 212 g/mol. The van der Waals surface area contributed by atoms with E-state index < -0.39 is 0 Å². The van der Waals surface area contributed by atoms with Crippen LogP contribution >= 0.6 is 0 Å². The fourth-order valence-corrected chi connectivity index (χ4v) is 2.96. The van der Waals surface area contributed by atoms with E-state index in [-0.39, 0.29) is 0 Å². The Hall–Kier alpha value is -1.09. The van der Waals surface area contributed by atoms with E-state index in [4.69, 9.17) is 0 Å². The van der Waals surface area contributed by atoms with Crippen LogP contribution < -0.4 is 0 Å². The molecular formula is C14H22N2O. The van der Waals surface area contributed by atoms with Crippen LogP contribution in [0.1, 0.15) is 41.5 Å². The lowest BCUT2D eigenvalue weighted by Crippen LogP contribution is -2.33. The molecule has 0 bridgehead atoms. The maximum Gasteiger partial charge on any atom is 0.151 e. The van der Waals surface area contributed by atoms with Crippen molar-refractivity contribution in [1.82, 2.24) is 9.47 Å². The van der Waals surface area contributed by atoms with Crippen LogP contribution in [0.4, 0.5) is 0 Å². The third-order valence-electron chi connectivity index (χ3n) is 4.04. The number of aldehydes is 1. The molecule has 3 heteroatoms. The van der Waals surface area contributed by atoms with E-state index in [0.29, 0.717) is 6.04 Å². The van der Waals surface area contributed by atoms with E-state index in [2.05, 4.69) is 23.3 Å². The average Bonchev–Trinajstić information content (AvgIpc) is 2.88. The van der Waals surface area contributed by atoms with E-state index in [1.165, 1.54) is 25.1 Å². The summed E-state index contributed by atoms with van der Waals surface area (Å²) in [5, 5.41) is 0. The van der Waals surface area contributed by atoms with Crippen molar-refractivity contribution in [3.8, 4) is 0 Å². The highest BCUT2D eigenvalue weighted by Gasteiger charge is 2.24. The van der Waals surface area contributed by atoms with Crippen LogP contribution in [0, 0.1) is 13.8 Å². The Kier molecular flexibility index (Phi) is 3.67. The third kappa shape index (κ3) is 2.29. The maximum atomic E-state index is 10.9. The number of carbonyl (C=O) groups is 1. The number of aromatic nitrogens is 1. The van der Waals surface area contributed by atoms with Crippen molar-refractivity contribution >= 4 is 6.29 Å². The summed E-state index contributed by atoms with van der Waals surface area (Å²) in [5.41, 5.74) is 3.15. The molecule has 0 N–H and O–H groups in total. The summed E-state index contributed by atoms with van der Waals surface area (Å²) >= 11 is 0. The summed E-state index contributed by atoms with van der Waals surface area (Å²) in [5.74, 6) is 0. The molecule has 1 aliphatic rings. The van der Waals surface area contributed by atoms with Gasteiger partial charge in [0.05, 0.1) is 0 Å². The van der Waals surface area contributed by atoms with Crippen LogP contribution in [0.15, 0.2) is 6.07 Å². The highest BCUT2D eigenvalue weighted by atomic mass is 16.1. The normalized spacial score (nSPS) is 21.0. The molecule has 0 saturated carbocycles. The molecule has 1 saturated heterocycles. The quantitative estimate of drug-likeness (QED) is 0.747. The monoisotopic (exact) mass is 234 g/mol. The minimum atomic E-state index is 0.643. The Labute approximate surface area is 103 Å². The highest BCUT2D eigenvalue weighted by Crippen LogP contribution is 2.21. The molecule has 1 aliphatic heterocycles. The van der Waals surface area contributed by atoms with Crippen LogP contribution in [0.25, 0.3) is 0 Å². The minimum absolute atomic E-state index is 0.643. The van der Waals surface area contributed by atoms with Crippen molar-refractivity contribution in [3.63, 3.8) is 0 Å². The van der Waals surface area contributed by atoms with Gasteiger partial charge in [0, 0.05) is 29.5 Å². The van der Waals surface area contributed by atoms with Gasteiger partial charge in [-0.1, -0.05) is 6.92 Å². The second kappa shape index (κ2) is 5.05. The summed E-state index contributed by atoms with van der Waals surface area (Å²) in [6.07, 6.45) is 3.55. The van der Waals surface area contributed by atoms with Crippen LogP contribution in [-0.4, -0.2) is 34.9 Å². The van der Waals surface area contributed by atoms with Crippen LogP contribution in [-0.2, 0) is 6.54 Å². The molecule has 94 valence electrons. The van der Waals surface area contributed by atoms with Crippen molar-refractivity contribution < 1.29 is 4.79 Å². The average molecular weight is 234 g/mol. The van der Waals surface area contributed by atoms with Crippen LogP contribution in [0.5, 0.6) is 0 Å². The number of carbonyl (C=O) groups excluding carboxylic acids is 1. The Morgan fingerprint density at radius 1 is 1.47 bits per heavy atom. The fraction of sp³-hybridized carbons (Fsp3) is 0.643. The van der Waals surface area contributed by atoms with Gasteiger partial charge in [0.25, 0.3) is 0 Å². The first kappa shape index (κ1) is 12.4. The second-order valence-electron chi connectivity index (χ2n) is 4.98. The van der Waals surface area contributed by atoms with E-state index in [1.807, 2.05) is 13.0 Å². The van der Waals surface area contributed by atoms with E-state index in [9.17, 15) is 4.79 Å². The zero-order valence-electron chi connectivity index (χ0n) is 11.1. The molecule has 0 amide bonds. The Morgan fingerprint density at radius 3 is 2.82 bits per heavy atom. The number of rotatable bonds is 4. The molecule has 3 nitrogen and oxygen atoms in total. The largest absolute Gasteiger partial charge is 0.347 e.